The van der Waals surface area contributed by atoms with E-state index in [2.05, 4.69) is 107 Å². The van der Waals surface area contributed by atoms with Crippen molar-refractivity contribution in [2.75, 3.05) is 56.9 Å². The van der Waals surface area contributed by atoms with Crippen LogP contribution in [0.5, 0.6) is 46.0 Å². The van der Waals surface area contributed by atoms with Crippen LogP contribution in [0.1, 0.15) is 55.6 Å². The van der Waals surface area contributed by atoms with Crippen molar-refractivity contribution in [2.45, 2.75) is 32.1 Å². The van der Waals surface area contributed by atoms with Gasteiger partial charge in [0.1, 0.15) is 46.0 Å². The summed E-state index contributed by atoms with van der Waals surface area (Å²) in [7, 11) is 13.7. The molecule has 2 aromatic heterocycles. The smallest absolute Gasteiger partial charge is 0.122 e. The zero-order valence-corrected chi connectivity index (χ0v) is 43.7. The van der Waals surface area contributed by atoms with Crippen molar-refractivity contribution in [1.29, 1.82) is 0 Å². The molecule has 0 radical (unpaired) electrons. The van der Waals surface area contributed by atoms with E-state index in [-0.39, 0.29) is 0 Å². The maximum atomic E-state index is 6.30. The Morgan fingerprint density at radius 1 is 0.227 bits per heavy atom. The molecule has 10 aliphatic rings. The van der Waals surface area contributed by atoms with E-state index in [1.807, 2.05) is 61.2 Å². The summed E-state index contributed by atoms with van der Waals surface area (Å²) in [6.07, 6.45) is 9.83. The van der Waals surface area contributed by atoms with Crippen molar-refractivity contribution in [2.24, 2.45) is 0 Å². The van der Waals surface area contributed by atoms with E-state index in [9.17, 15) is 0 Å². The van der Waals surface area contributed by atoms with Gasteiger partial charge in [-0.15, -0.1) is 0 Å². The molecule has 19 rings (SSSR count). The molecule has 0 atom stereocenters. The highest BCUT2D eigenvalue weighted by Gasteiger charge is 2.24. The average Bonchev–Trinajstić information content (AvgIpc) is 3.46. The molecule has 10 bridgehead atoms. The molecule has 0 unspecified atom stereocenters. The van der Waals surface area contributed by atoms with Crippen LogP contribution in [0, 0.1) is 0 Å². The van der Waals surface area contributed by atoms with Gasteiger partial charge in [-0.25, -0.2) is 0 Å². The maximum absolute atomic E-state index is 6.30. The number of nitrogens with zero attached hydrogens (tertiary/aromatic N) is 2. The quantitative estimate of drug-likeness (QED) is 0.118. The summed E-state index contributed by atoms with van der Waals surface area (Å²) in [6, 6.07) is 47.0. The molecule has 0 saturated heterocycles. The molecule has 0 spiro atoms. The first-order valence-electron chi connectivity index (χ1n) is 24.9. The predicted molar refractivity (Wildman–Crippen MR) is 296 cm³/mol. The van der Waals surface area contributed by atoms with Crippen LogP contribution < -0.4 is 37.9 Å². The molecule has 2 heterocycles. The van der Waals surface area contributed by atoms with E-state index >= 15 is 0 Å². The lowest BCUT2D eigenvalue weighted by atomic mass is 9.85. The van der Waals surface area contributed by atoms with Crippen molar-refractivity contribution in [1.82, 2.24) is 9.97 Å². The minimum absolute atomic E-state index is 0.488. The van der Waals surface area contributed by atoms with Gasteiger partial charge in [0.25, 0.3) is 0 Å². The minimum Gasteiger partial charge on any atom is -0.496 e. The summed E-state index contributed by atoms with van der Waals surface area (Å²) >= 11 is 0. The second-order valence-electron chi connectivity index (χ2n) is 18.6. The summed E-state index contributed by atoms with van der Waals surface area (Å²) in [5.41, 5.74) is 18.5. The Morgan fingerprint density at radius 3 is 0.627 bits per heavy atom. The van der Waals surface area contributed by atoms with Crippen LogP contribution in [0.3, 0.4) is 0 Å². The summed E-state index contributed by atoms with van der Waals surface area (Å²) in [6.45, 7) is 0. The Morgan fingerprint density at radius 2 is 0.413 bits per heavy atom. The first-order valence-corrected chi connectivity index (χ1v) is 24.9. The molecule has 10 aliphatic carbocycles. The molecule has 0 N–H and O–H groups in total. The molecule has 10 heteroatoms. The number of hydrogen-bond donors (Lipinski definition) is 0. The van der Waals surface area contributed by atoms with E-state index in [4.69, 9.17) is 37.9 Å². The fourth-order valence-corrected chi connectivity index (χ4v) is 10.5. The lowest BCUT2D eigenvalue weighted by Gasteiger charge is -2.21. The van der Waals surface area contributed by atoms with Crippen molar-refractivity contribution in [3.63, 3.8) is 0 Å². The lowest BCUT2D eigenvalue weighted by Crippen LogP contribution is -2.04. The summed E-state index contributed by atoms with van der Waals surface area (Å²) in [4.78, 5) is 8.52. The maximum Gasteiger partial charge on any atom is 0.122 e. The van der Waals surface area contributed by atoms with Crippen LogP contribution in [0.25, 0.3) is 44.5 Å². The summed E-state index contributed by atoms with van der Waals surface area (Å²) in [5.74, 6) is 5.81. The van der Waals surface area contributed by atoms with Crippen molar-refractivity contribution >= 4 is 0 Å². The van der Waals surface area contributed by atoms with E-state index in [0.717, 1.165) is 135 Å². The van der Waals surface area contributed by atoms with Crippen LogP contribution in [0.2, 0.25) is 0 Å². The third-order valence-corrected chi connectivity index (χ3v) is 14.4. The standard InChI is InChI=1S/C65H60N2O8/c1-68-58-34-50-27-52-36-64(74-7)54(38-62(52)72-5)29-55-39-63(73-6)53(37-65(55)75-8)28-51-35-59(69-2)49(33-61(51)71-4)26-47-31-56(44-13-9-40(10-14-44)42-17-21-66-22-18-42)46(25-48(58)32-60(50)70-3)30-57(47)45-15-11-41(12-16-45)43-19-23-67-24-20-43/h9-24,30-39H,25-29H2,1-8H3. The molecule has 0 amide bonds. The highest BCUT2D eigenvalue weighted by atomic mass is 16.5. The number of methoxy groups -OCH3 is 8. The van der Waals surface area contributed by atoms with Crippen molar-refractivity contribution in [3.05, 3.63) is 214 Å². The number of benzene rings is 7. The molecule has 75 heavy (non-hydrogen) atoms. The number of ether oxygens (including phenoxy) is 8. The van der Waals surface area contributed by atoms with Gasteiger partial charge in [0.2, 0.25) is 0 Å². The monoisotopic (exact) mass is 996 g/mol. The number of pyridine rings is 2. The first-order chi connectivity index (χ1) is 36.7. The second kappa shape index (κ2) is 22.2. The zero-order valence-electron chi connectivity index (χ0n) is 43.7. The van der Waals surface area contributed by atoms with E-state index in [0.29, 0.717) is 43.6 Å². The van der Waals surface area contributed by atoms with Crippen LogP contribution in [-0.4, -0.2) is 66.8 Å². The highest BCUT2D eigenvalue weighted by Crippen LogP contribution is 2.43. The molecule has 7 aromatic carbocycles. The van der Waals surface area contributed by atoms with Crippen molar-refractivity contribution in [3.8, 4) is 90.5 Å². The fraction of sp³-hybridized carbons (Fsp3) is 0.200. The Hall–Kier alpha value is -8.76. The van der Waals surface area contributed by atoms with Gasteiger partial charge >= 0.3 is 0 Å². The highest BCUT2D eigenvalue weighted by molar-refractivity contribution is 5.80. The normalized spacial score (nSPS) is 12.0. The average molecular weight is 997 g/mol. The molecule has 378 valence electrons. The van der Waals surface area contributed by atoms with Gasteiger partial charge in [0.05, 0.1) is 56.9 Å². The number of rotatable bonds is 12. The first kappa shape index (κ1) is 49.8. The van der Waals surface area contributed by atoms with Gasteiger partial charge in [-0.2, -0.15) is 0 Å². The molecule has 10 nitrogen and oxygen atoms in total. The van der Waals surface area contributed by atoms with Gasteiger partial charge in [0, 0.05) is 101 Å². The van der Waals surface area contributed by atoms with Gasteiger partial charge in [-0.05, 0) is 141 Å². The minimum atomic E-state index is 0.488. The molecular weight excluding hydrogens is 937 g/mol. The number of hydrogen-bond acceptors (Lipinski definition) is 10. The van der Waals surface area contributed by atoms with Gasteiger partial charge in [0.15, 0.2) is 0 Å². The largest absolute Gasteiger partial charge is 0.496 e. The van der Waals surface area contributed by atoms with Crippen molar-refractivity contribution < 1.29 is 37.9 Å². The fourth-order valence-electron chi connectivity index (χ4n) is 10.5. The Kier molecular flexibility index (Phi) is 14.7. The van der Waals surface area contributed by atoms with Crippen LogP contribution >= 0.6 is 0 Å². The molecule has 0 aliphatic heterocycles. The second-order valence-corrected chi connectivity index (χ2v) is 18.6. The Labute approximate surface area is 439 Å². The molecule has 0 saturated carbocycles. The van der Waals surface area contributed by atoms with E-state index in [1.165, 1.54) is 0 Å². The predicted octanol–water partition coefficient (Wildman–Crippen LogP) is 13.5. The zero-order chi connectivity index (χ0) is 52.0. The van der Waals surface area contributed by atoms with Gasteiger partial charge in [-0.3, -0.25) is 9.97 Å². The van der Waals surface area contributed by atoms with E-state index in [1.54, 1.807) is 56.9 Å². The third-order valence-electron chi connectivity index (χ3n) is 14.4. The molecule has 9 aromatic rings. The topological polar surface area (TPSA) is 99.6 Å². The van der Waals surface area contributed by atoms with Crippen LogP contribution in [0.4, 0.5) is 0 Å². The van der Waals surface area contributed by atoms with Gasteiger partial charge < -0.3 is 37.9 Å². The molecule has 0 fully saturated rings. The Balaban J connectivity index is 1.23. The van der Waals surface area contributed by atoms with Gasteiger partial charge in [-0.1, -0.05) is 48.5 Å². The summed E-state index contributed by atoms with van der Waals surface area (Å²) < 4.78 is 49.5. The molecular formula is C65H60N2O8. The van der Waals surface area contributed by atoms with Crippen LogP contribution in [-0.2, 0) is 32.1 Å². The third kappa shape index (κ3) is 10.3. The van der Waals surface area contributed by atoms with Crippen LogP contribution in [0.15, 0.2) is 158 Å². The Bertz CT molecular complexity index is 3260. The summed E-state index contributed by atoms with van der Waals surface area (Å²) in [5, 5.41) is 0. The SMILES string of the molecule is COc1cc2c(OC)cc1Cc1cc(OC)c(cc1OC)Cc1cc(OC)c(cc1OC)Cc1cc(-c3ccc(-c4ccncc4)cc3)c(cc1-c1ccc(-c3ccncc3)cc1)Cc1cc(OC)c(cc1OC)C2. The number of aromatic nitrogens is 2. The van der Waals surface area contributed by atoms with E-state index < -0.39 is 0 Å². The lowest BCUT2D eigenvalue weighted by molar-refractivity contribution is 0.389.